The molecule has 1 aliphatic rings. The summed E-state index contributed by atoms with van der Waals surface area (Å²) in [6.45, 7) is 7.55. The Hall–Kier alpha value is -2.73. The van der Waals surface area contributed by atoms with Gasteiger partial charge in [0, 0.05) is 49.9 Å². The van der Waals surface area contributed by atoms with Crippen molar-refractivity contribution in [3.05, 3.63) is 35.2 Å². The number of carbonyl (C=O) groups excluding carboxylic acids is 2. The third-order valence-electron chi connectivity index (χ3n) is 5.04. The molecule has 33 heavy (non-hydrogen) atoms. The second-order valence-electron chi connectivity index (χ2n) is 8.10. The number of anilines is 1. The van der Waals surface area contributed by atoms with Crippen LogP contribution in [-0.2, 0) is 9.59 Å². The minimum absolute atomic E-state index is 0.0394. The third-order valence-corrected chi connectivity index (χ3v) is 6.70. The van der Waals surface area contributed by atoms with Gasteiger partial charge >= 0.3 is 0 Å². The number of nitrogens with zero attached hydrogens (tertiary/aromatic N) is 5. The Balaban J connectivity index is 1.35. The lowest BCUT2D eigenvalue weighted by Gasteiger charge is -2.33. The molecule has 2 amide bonds. The molecule has 1 aliphatic heterocycles. The van der Waals surface area contributed by atoms with Crippen molar-refractivity contribution in [2.24, 2.45) is 0 Å². The molecule has 174 valence electrons. The van der Waals surface area contributed by atoms with Gasteiger partial charge in [-0.15, -0.1) is 22.7 Å². The van der Waals surface area contributed by atoms with Crippen molar-refractivity contribution >= 4 is 40.3 Å². The molecule has 0 bridgehead atoms. The molecule has 0 radical (unpaired) electrons. The minimum atomic E-state index is -0.123. The molecule has 3 aromatic heterocycles. The summed E-state index contributed by atoms with van der Waals surface area (Å²) in [7, 11) is 0. The van der Waals surface area contributed by atoms with Crippen LogP contribution in [0.25, 0.3) is 21.4 Å². The first-order valence-electron chi connectivity index (χ1n) is 10.8. The zero-order valence-electron chi connectivity index (χ0n) is 18.7. The van der Waals surface area contributed by atoms with E-state index < -0.39 is 0 Å². The fourth-order valence-corrected chi connectivity index (χ4v) is 4.80. The molecular formula is C22H27N7O2S2. The standard InChI is InChI=1S/C22H27N7O2S2/c1-15(2)24-19(30)13-28-6-8-29(9-7-28)14-20(31)26-18-12-16(22-23-5-11-33-22)25-21(27-18)17-4-3-10-32-17/h3-5,10-12,15H,6-9,13-14H2,1-2H3,(H,24,30)(H,25,26,27,31). The molecule has 1 saturated heterocycles. The van der Waals surface area contributed by atoms with Gasteiger partial charge in [-0.2, -0.15) is 0 Å². The maximum absolute atomic E-state index is 12.8. The number of hydrogen-bond donors (Lipinski definition) is 2. The van der Waals surface area contributed by atoms with Crippen LogP contribution in [0.2, 0.25) is 0 Å². The number of thiazole rings is 1. The molecule has 0 unspecified atom stereocenters. The van der Waals surface area contributed by atoms with E-state index in [-0.39, 0.29) is 24.4 Å². The third kappa shape index (κ3) is 6.64. The van der Waals surface area contributed by atoms with Crippen LogP contribution in [-0.4, -0.2) is 81.9 Å². The second-order valence-corrected chi connectivity index (χ2v) is 9.94. The molecule has 0 spiro atoms. The zero-order valence-corrected chi connectivity index (χ0v) is 20.3. The molecule has 0 aliphatic carbocycles. The minimum Gasteiger partial charge on any atom is -0.353 e. The van der Waals surface area contributed by atoms with Crippen LogP contribution in [0.3, 0.4) is 0 Å². The number of nitrogens with one attached hydrogen (secondary N) is 2. The van der Waals surface area contributed by atoms with Crippen molar-refractivity contribution < 1.29 is 9.59 Å². The lowest BCUT2D eigenvalue weighted by molar-refractivity contribution is -0.124. The lowest BCUT2D eigenvalue weighted by Crippen LogP contribution is -2.51. The van der Waals surface area contributed by atoms with Crippen LogP contribution < -0.4 is 10.6 Å². The van der Waals surface area contributed by atoms with E-state index in [1.165, 1.54) is 11.3 Å². The van der Waals surface area contributed by atoms with Crippen molar-refractivity contribution in [2.75, 3.05) is 44.6 Å². The summed E-state index contributed by atoms with van der Waals surface area (Å²) in [6, 6.07) is 5.81. The second kappa shape index (κ2) is 10.9. The highest BCUT2D eigenvalue weighted by Gasteiger charge is 2.21. The van der Waals surface area contributed by atoms with Crippen LogP contribution in [0.1, 0.15) is 13.8 Å². The topological polar surface area (TPSA) is 103 Å². The lowest BCUT2D eigenvalue weighted by atomic mass is 10.3. The molecule has 0 aromatic carbocycles. The highest BCUT2D eigenvalue weighted by atomic mass is 32.1. The SMILES string of the molecule is CC(C)NC(=O)CN1CCN(CC(=O)Nc2cc(-c3nccs3)nc(-c3cccs3)n2)CC1. The summed E-state index contributed by atoms with van der Waals surface area (Å²) in [5.74, 6) is 0.952. The number of carbonyl (C=O) groups is 2. The number of hydrogen-bond acceptors (Lipinski definition) is 9. The fourth-order valence-electron chi connectivity index (χ4n) is 3.55. The van der Waals surface area contributed by atoms with Crippen LogP contribution in [0.15, 0.2) is 35.2 Å². The van der Waals surface area contributed by atoms with Gasteiger partial charge in [-0.3, -0.25) is 19.4 Å². The van der Waals surface area contributed by atoms with Gasteiger partial charge in [0.2, 0.25) is 11.8 Å². The van der Waals surface area contributed by atoms with Crippen LogP contribution in [0.4, 0.5) is 5.82 Å². The average Bonchev–Trinajstić information content (AvgIpc) is 3.49. The molecule has 2 N–H and O–H groups in total. The van der Waals surface area contributed by atoms with E-state index in [9.17, 15) is 9.59 Å². The Morgan fingerprint density at radius 3 is 2.36 bits per heavy atom. The Bertz CT molecular complexity index is 1010. The molecule has 1 fully saturated rings. The van der Waals surface area contributed by atoms with E-state index in [4.69, 9.17) is 0 Å². The van der Waals surface area contributed by atoms with Gasteiger partial charge < -0.3 is 10.6 Å². The van der Waals surface area contributed by atoms with Crippen LogP contribution in [0, 0.1) is 0 Å². The first kappa shape index (κ1) is 23.4. The van der Waals surface area contributed by atoms with Gasteiger partial charge in [-0.1, -0.05) is 6.07 Å². The molecule has 4 rings (SSSR count). The number of rotatable bonds is 8. The summed E-state index contributed by atoms with van der Waals surface area (Å²) in [5.41, 5.74) is 0.687. The summed E-state index contributed by atoms with van der Waals surface area (Å²) in [4.78, 5) is 43.4. The van der Waals surface area contributed by atoms with E-state index in [0.29, 0.717) is 23.9 Å². The molecule has 0 atom stereocenters. The van der Waals surface area contributed by atoms with Gasteiger partial charge in [-0.05, 0) is 25.3 Å². The maximum atomic E-state index is 12.8. The van der Waals surface area contributed by atoms with Crippen molar-refractivity contribution in [1.29, 1.82) is 0 Å². The van der Waals surface area contributed by atoms with Gasteiger partial charge in [0.25, 0.3) is 0 Å². The van der Waals surface area contributed by atoms with Crippen molar-refractivity contribution in [3.8, 4) is 21.4 Å². The van der Waals surface area contributed by atoms with Crippen molar-refractivity contribution in [1.82, 2.24) is 30.1 Å². The van der Waals surface area contributed by atoms with E-state index in [0.717, 1.165) is 36.1 Å². The normalized spacial score (nSPS) is 15.0. The summed E-state index contributed by atoms with van der Waals surface area (Å²) in [5, 5.41) is 10.5. The maximum Gasteiger partial charge on any atom is 0.239 e. The van der Waals surface area contributed by atoms with E-state index in [1.807, 2.05) is 36.7 Å². The molecule has 9 nitrogen and oxygen atoms in total. The summed E-state index contributed by atoms with van der Waals surface area (Å²) in [6.07, 6.45) is 1.73. The largest absolute Gasteiger partial charge is 0.353 e. The van der Waals surface area contributed by atoms with Gasteiger partial charge in [0.1, 0.15) is 16.5 Å². The summed E-state index contributed by atoms with van der Waals surface area (Å²) < 4.78 is 0. The highest BCUT2D eigenvalue weighted by molar-refractivity contribution is 7.13. The smallest absolute Gasteiger partial charge is 0.239 e. The Morgan fingerprint density at radius 1 is 1.03 bits per heavy atom. The van der Waals surface area contributed by atoms with E-state index >= 15 is 0 Å². The zero-order chi connectivity index (χ0) is 23.2. The van der Waals surface area contributed by atoms with Gasteiger partial charge in [0.15, 0.2) is 5.82 Å². The Kier molecular flexibility index (Phi) is 7.76. The fraction of sp³-hybridized carbons (Fsp3) is 0.409. The predicted molar refractivity (Wildman–Crippen MR) is 131 cm³/mol. The van der Waals surface area contributed by atoms with Crippen LogP contribution >= 0.6 is 22.7 Å². The quantitative estimate of drug-likeness (QED) is 0.505. The Morgan fingerprint density at radius 2 is 1.76 bits per heavy atom. The number of amides is 2. The Labute approximate surface area is 200 Å². The molecule has 4 heterocycles. The number of piperazine rings is 1. The summed E-state index contributed by atoms with van der Waals surface area (Å²) >= 11 is 3.04. The van der Waals surface area contributed by atoms with Gasteiger partial charge in [0.05, 0.1) is 18.0 Å². The molecule has 0 saturated carbocycles. The van der Waals surface area contributed by atoms with Crippen LogP contribution in [0.5, 0.6) is 0 Å². The molecule has 11 heteroatoms. The molecule has 3 aromatic rings. The highest BCUT2D eigenvalue weighted by Crippen LogP contribution is 2.27. The molecular weight excluding hydrogens is 458 g/mol. The monoisotopic (exact) mass is 485 g/mol. The average molecular weight is 486 g/mol. The first-order chi connectivity index (χ1) is 16.0. The predicted octanol–water partition coefficient (Wildman–Crippen LogP) is 2.41. The number of thiophene rings is 1. The van der Waals surface area contributed by atoms with Gasteiger partial charge in [-0.25, -0.2) is 15.0 Å². The van der Waals surface area contributed by atoms with E-state index in [2.05, 4.69) is 35.4 Å². The van der Waals surface area contributed by atoms with Crippen molar-refractivity contribution in [2.45, 2.75) is 19.9 Å². The number of aromatic nitrogens is 3. The van der Waals surface area contributed by atoms with Crippen molar-refractivity contribution in [3.63, 3.8) is 0 Å². The first-order valence-corrected chi connectivity index (χ1v) is 12.6. The van der Waals surface area contributed by atoms with E-state index in [1.54, 1.807) is 23.6 Å².